The fraction of sp³-hybridized carbons (Fsp3) is 1.00. The molecule has 2 saturated carbocycles. The van der Waals surface area contributed by atoms with Crippen LogP contribution in [0.3, 0.4) is 0 Å². The average molecular weight is 224 g/mol. The Morgan fingerprint density at radius 1 is 1.25 bits per heavy atom. The lowest BCUT2D eigenvalue weighted by Gasteiger charge is -2.43. The fourth-order valence-electron chi connectivity index (χ4n) is 3.29. The molecule has 2 atom stereocenters. The second-order valence-electron chi connectivity index (χ2n) is 6.49. The Bertz CT molecular complexity index is 233. The van der Waals surface area contributed by atoms with Crippen LogP contribution in [-0.2, 0) is 0 Å². The van der Waals surface area contributed by atoms with E-state index in [1.165, 1.54) is 45.2 Å². The first-order valence-corrected chi connectivity index (χ1v) is 7.04. The number of hydrogen-bond acceptors (Lipinski definition) is 2. The van der Waals surface area contributed by atoms with Crippen molar-refractivity contribution < 1.29 is 0 Å². The predicted molar refractivity (Wildman–Crippen MR) is 69.4 cm³/mol. The largest absolute Gasteiger partial charge is 0.327 e. The van der Waals surface area contributed by atoms with Crippen LogP contribution in [0.5, 0.6) is 0 Å². The van der Waals surface area contributed by atoms with Gasteiger partial charge in [-0.15, -0.1) is 0 Å². The Kier molecular flexibility index (Phi) is 3.60. The summed E-state index contributed by atoms with van der Waals surface area (Å²) in [4.78, 5) is 2.66. The summed E-state index contributed by atoms with van der Waals surface area (Å²) in [7, 11) is 0. The van der Waals surface area contributed by atoms with Gasteiger partial charge in [0.2, 0.25) is 0 Å². The lowest BCUT2D eigenvalue weighted by molar-refractivity contribution is 0.101. The fourth-order valence-corrected chi connectivity index (χ4v) is 3.29. The van der Waals surface area contributed by atoms with E-state index in [1.54, 1.807) is 0 Å². The molecule has 0 spiro atoms. The Labute approximate surface area is 101 Å². The van der Waals surface area contributed by atoms with Crippen molar-refractivity contribution in [3.05, 3.63) is 0 Å². The number of rotatable bonds is 4. The highest BCUT2D eigenvalue weighted by Crippen LogP contribution is 2.39. The van der Waals surface area contributed by atoms with Crippen LogP contribution in [0, 0.1) is 11.3 Å². The molecule has 94 valence electrons. The number of nitrogens with zero attached hydrogens (tertiary/aromatic N) is 1. The van der Waals surface area contributed by atoms with E-state index in [9.17, 15) is 0 Å². The maximum atomic E-state index is 6.45. The quantitative estimate of drug-likeness (QED) is 0.795. The zero-order valence-electron chi connectivity index (χ0n) is 11.2. The third-order valence-corrected chi connectivity index (χ3v) is 4.74. The molecule has 0 amide bonds. The van der Waals surface area contributed by atoms with Crippen LogP contribution in [0.15, 0.2) is 0 Å². The van der Waals surface area contributed by atoms with Crippen molar-refractivity contribution in [2.45, 2.75) is 65.0 Å². The molecule has 2 aliphatic rings. The lowest BCUT2D eigenvalue weighted by Crippen LogP contribution is -2.50. The molecule has 2 heteroatoms. The van der Waals surface area contributed by atoms with Crippen LogP contribution in [0.25, 0.3) is 0 Å². The first-order chi connectivity index (χ1) is 7.54. The third kappa shape index (κ3) is 2.60. The molecular formula is C14H28N2. The maximum Gasteiger partial charge on any atom is 0.0131 e. The monoisotopic (exact) mass is 224 g/mol. The molecule has 16 heavy (non-hydrogen) atoms. The summed E-state index contributed by atoms with van der Waals surface area (Å²) < 4.78 is 0. The molecule has 2 aliphatic carbocycles. The zero-order chi connectivity index (χ0) is 11.8. The van der Waals surface area contributed by atoms with Gasteiger partial charge in [0.25, 0.3) is 0 Å². The Morgan fingerprint density at radius 2 is 1.94 bits per heavy atom. The maximum absolute atomic E-state index is 6.45. The predicted octanol–water partition coefficient (Wildman–Crippen LogP) is 2.62. The second-order valence-corrected chi connectivity index (χ2v) is 6.49. The van der Waals surface area contributed by atoms with Crippen molar-refractivity contribution in [3.8, 4) is 0 Å². The SMILES string of the molecule is CCN(CC1CCCC(C)(C)C1N)C1CC1. The Morgan fingerprint density at radius 3 is 2.50 bits per heavy atom. The molecule has 2 rings (SSSR count). The minimum atomic E-state index is 0.353. The first kappa shape index (κ1) is 12.4. The molecule has 2 N–H and O–H groups in total. The Balaban J connectivity index is 1.92. The van der Waals surface area contributed by atoms with Crippen LogP contribution in [0.2, 0.25) is 0 Å². The van der Waals surface area contributed by atoms with Gasteiger partial charge in [0, 0.05) is 18.6 Å². The highest BCUT2D eigenvalue weighted by molar-refractivity contribution is 4.94. The molecule has 2 nitrogen and oxygen atoms in total. The van der Waals surface area contributed by atoms with E-state index in [1.807, 2.05) is 0 Å². The van der Waals surface area contributed by atoms with Gasteiger partial charge in [0.1, 0.15) is 0 Å². The highest BCUT2D eigenvalue weighted by atomic mass is 15.2. The van der Waals surface area contributed by atoms with Crippen LogP contribution < -0.4 is 5.73 Å². The van der Waals surface area contributed by atoms with Gasteiger partial charge in [-0.05, 0) is 43.6 Å². The zero-order valence-corrected chi connectivity index (χ0v) is 11.2. The van der Waals surface area contributed by atoms with Crippen molar-refractivity contribution in [3.63, 3.8) is 0 Å². The van der Waals surface area contributed by atoms with E-state index >= 15 is 0 Å². The molecule has 0 aromatic carbocycles. The van der Waals surface area contributed by atoms with Gasteiger partial charge >= 0.3 is 0 Å². The molecule has 0 aliphatic heterocycles. The lowest BCUT2D eigenvalue weighted by atomic mass is 9.68. The minimum absolute atomic E-state index is 0.353. The summed E-state index contributed by atoms with van der Waals surface area (Å²) in [6.07, 6.45) is 6.85. The summed E-state index contributed by atoms with van der Waals surface area (Å²) in [6.45, 7) is 9.42. The van der Waals surface area contributed by atoms with Gasteiger partial charge in [-0.1, -0.05) is 27.2 Å². The molecule has 0 aromatic heterocycles. The molecule has 0 radical (unpaired) electrons. The van der Waals surface area contributed by atoms with E-state index in [2.05, 4.69) is 25.7 Å². The minimum Gasteiger partial charge on any atom is -0.327 e. The summed E-state index contributed by atoms with van der Waals surface area (Å²) in [6, 6.07) is 1.29. The van der Waals surface area contributed by atoms with E-state index in [0.717, 1.165) is 12.0 Å². The standard InChI is InChI=1S/C14H28N2/c1-4-16(12-7-8-12)10-11-6-5-9-14(2,3)13(11)15/h11-13H,4-10,15H2,1-3H3. The average Bonchev–Trinajstić information content (AvgIpc) is 3.04. The second kappa shape index (κ2) is 4.66. The van der Waals surface area contributed by atoms with Crippen molar-refractivity contribution >= 4 is 0 Å². The van der Waals surface area contributed by atoms with Crippen molar-refractivity contribution in [2.75, 3.05) is 13.1 Å². The molecule has 2 unspecified atom stereocenters. The van der Waals surface area contributed by atoms with Gasteiger partial charge in [0.05, 0.1) is 0 Å². The molecule has 0 bridgehead atoms. The van der Waals surface area contributed by atoms with Crippen LogP contribution in [0.4, 0.5) is 0 Å². The summed E-state index contributed by atoms with van der Waals surface area (Å²) in [5.41, 5.74) is 6.81. The molecule has 0 heterocycles. The van der Waals surface area contributed by atoms with Crippen molar-refractivity contribution in [1.82, 2.24) is 4.90 Å². The number of nitrogens with two attached hydrogens (primary N) is 1. The van der Waals surface area contributed by atoms with E-state index in [4.69, 9.17) is 5.73 Å². The van der Waals surface area contributed by atoms with Crippen LogP contribution in [0.1, 0.15) is 52.9 Å². The van der Waals surface area contributed by atoms with Gasteiger partial charge < -0.3 is 10.6 Å². The van der Waals surface area contributed by atoms with Gasteiger partial charge in [-0.25, -0.2) is 0 Å². The molecule has 0 saturated heterocycles. The van der Waals surface area contributed by atoms with Crippen molar-refractivity contribution in [1.29, 1.82) is 0 Å². The first-order valence-electron chi connectivity index (χ1n) is 7.04. The smallest absolute Gasteiger partial charge is 0.0131 e. The van der Waals surface area contributed by atoms with Gasteiger partial charge in [-0.3, -0.25) is 0 Å². The number of hydrogen-bond donors (Lipinski definition) is 1. The summed E-state index contributed by atoms with van der Waals surface area (Å²) in [5.74, 6) is 0.726. The van der Waals surface area contributed by atoms with Crippen molar-refractivity contribution in [2.24, 2.45) is 17.1 Å². The Hall–Kier alpha value is -0.0800. The van der Waals surface area contributed by atoms with E-state index in [0.29, 0.717) is 11.5 Å². The highest BCUT2D eigenvalue weighted by Gasteiger charge is 2.38. The molecular weight excluding hydrogens is 196 g/mol. The normalized spacial score (nSPS) is 34.3. The van der Waals surface area contributed by atoms with Gasteiger partial charge in [-0.2, -0.15) is 0 Å². The van der Waals surface area contributed by atoms with E-state index in [-0.39, 0.29) is 0 Å². The molecule has 0 aromatic rings. The summed E-state index contributed by atoms with van der Waals surface area (Å²) >= 11 is 0. The van der Waals surface area contributed by atoms with Crippen LogP contribution in [-0.4, -0.2) is 30.1 Å². The summed E-state index contributed by atoms with van der Waals surface area (Å²) in [5, 5.41) is 0. The topological polar surface area (TPSA) is 29.3 Å². The van der Waals surface area contributed by atoms with E-state index < -0.39 is 0 Å². The molecule has 2 fully saturated rings. The van der Waals surface area contributed by atoms with Crippen LogP contribution >= 0.6 is 0 Å². The third-order valence-electron chi connectivity index (χ3n) is 4.74. The van der Waals surface area contributed by atoms with Gasteiger partial charge in [0.15, 0.2) is 0 Å².